The van der Waals surface area contributed by atoms with Gasteiger partial charge in [0.05, 0.1) is 29.9 Å². The molecular weight excluding hydrogens is 896 g/mol. The first-order chi connectivity index (χ1) is 34.4. The number of aliphatic carboxylic acids is 1. The van der Waals surface area contributed by atoms with Gasteiger partial charge >= 0.3 is 5.97 Å². The van der Waals surface area contributed by atoms with Gasteiger partial charge in [-0.05, 0) is 130 Å². The Balaban J connectivity index is 1.23. The van der Waals surface area contributed by atoms with Crippen LogP contribution in [0.1, 0.15) is 133 Å². The predicted octanol–water partition coefficient (Wildman–Crippen LogP) is 12.0. The minimum Gasteiger partial charge on any atom is -0.480 e. The normalized spacial score (nSPS) is 13.2. The second-order valence-corrected chi connectivity index (χ2v) is 17.9. The van der Waals surface area contributed by atoms with Gasteiger partial charge in [0.15, 0.2) is 0 Å². The zero-order valence-corrected chi connectivity index (χ0v) is 41.8. The molecule has 11 nitrogen and oxygen atoms in total. The molecule has 6 N–H and O–H groups in total. The van der Waals surface area contributed by atoms with Gasteiger partial charge in [-0.1, -0.05) is 130 Å². The maximum Gasteiger partial charge on any atom is 0.326 e. The van der Waals surface area contributed by atoms with Crippen LogP contribution in [0, 0.1) is 5.82 Å². The van der Waals surface area contributed by atoms with E-state index in [9.17, 15) is 38.9 Å². The molecule has 71 heavy (non-hydrogen) atoms. The number of hydrogen-bond acceptors (Lipinski definition) is 6. The number of para-hydroxylation sites is 1. The van der Waals surface area contributed by atoms with Crippen molar-refractivity contribution in [2.45, 2.75) is 141 Å². The van der Waals surface area contributed by atoms with Gasteiger partial charge in [0.2, 0.25) is 11.8 Å². The van der Waals surface area contributed by atoms with Crippen molar-refractivity contribution in [3.05, 3.63) is 163 Å². The number of nitrogens with zero attached hydrogens (tertiary/aromatic N) is 1. The Labute approximate surface area is 420 Å². The molecule has 0 aliphatic carbocycles. The van der Waals surface area contributed by atoms with Gasteiger partial charge in [-0.3, -0.25) is 14.4 Å². The summed E-state index contributed by atoms with van der Waals surface area (Å²) in [5.74, 6) is -2.84. The summed E-state index contributed by atoms with van der Waals surface area (Å²) in [6.07, 6.45) is 26.5. The Morgan fingerprint density at radius 3 is 1.86 bits per heavy atom. The zero-order chi connectivity index (χ0) is 51.2. The van der Waals surface area contributed by atoms with E-state index in [0.29, 0.717) is 59.6 Å². The third-order valence-corrected chi connectivity index (χ3v) is 11.7. The van der Waals surface area contributed by atoms with Gasteiger partial charge in [0.25, 0.3) is 5.91 Å². The number of allylic oxidation sites excluding steroid dienone is 10. The molecular formula is C59H75FN4O7. The van der Waals surface area contributed by atoms with Crippen LogP contribution in [-0.2, 0) is 20.9 Å². The van der Waals surface area contributed by atoms with Crippen LogP contribution in [0.25, 0.3) is 22.4 Å². The second kappa shape index (κ2) is 32.3. The van der Waals surface area contributed by atoms with Gasteiger partial charge in [0, 0.05) is 36.5 Å². The lowest BCUT2D eigenvalue weighted by Crippen LogP contribution is -2.42. The molecule has 12 heteroatoms. The van der Waals surface area contributed by atoms with Crippen LogP contribution in [-0.4, -0.2) is 68.4 Å². The van der Waals surface area contributed by atoms with Crippen molar-refractivity contribution in [1.82, 2.24) is 15.2 Å². The molecule has 3 atom stereocenters. The average molecular weight is 971 g/mol. The summed E-state index contributed by atoms with van der Waals surface area (Å²) in [6, 6.07) is 23.5. The Hall–Kier alpha value is -6.63. The van der Waals surface area contributed by atoms with Crippen molar-refractivity contribution >= 4 is 29.4 Å². The van der Waals surface area contributed by atoms with Gasteiger partial charge in [-0.2, -0.15) is 0 Å². The first-order valence-corrected chi connectivity index (χ1v) is 25.2. The molecule has 380 valence electrons. The summed E-state index contributed by atoms with van der Waals surface area (Å²) in [5, 5.41) is 40.5. The molecule has 1 heterocycles. The molecule has 1 aromatic heterocycles. The monoisotopic (exact) mass is 971 g/mol. The van der Waals surface area contributed by atoms with Crippen molar-refractivity contribution in [1.29, 1.82) is 0 Å². The fourth-order valence-corrected chi connectivity index (χ4v) is 8.26. The van der Waals surface area contributed by atoms with Crippen molar-refractivity contribution in [3.63, 3.8) is 0 Å². The quantitative estimate of drug-likeness (QED) is 0.0209. The van der Waals surface area contributed by atoms with E-state index < -0.39 is 42.4 Å². The topological polar surface area (TPSA) is 170 Å². The average Bonchev–Trinajstić information content (AvgIpc) is 3.70. The highest BCUT2D eigenvalue weighted by molar-refractivity contribution is 6.12. The van der Waals surface area contributed by atoms with Crippen molar-refractivity contribution in [3.8, 4) is 22.4 Å². The molecule has 0 fully saturated rings. The number of carboxylic acid groups (broad SMARTS) is 1. The molecule has 0 aliphatic rings. The molecule has 4 rings (SSSR count). The van der Waals surface area contributed by atoms with E-state index in [2.05, 4.69) is 83.6 Å². The van der Waals surface area contributed by atoms with Crippen molar-refractivity contribution in [2.75, 3.05) is 11.9 Å². The molecule has 3 aromatic carbocycles. The number of aromatic nitrogens is 1. The summed E-state index contributed by atoms with van der Waals surface area (Å²) >= 11 is 0. The molecule has 1 unspecified atom stereocenters. The molecule has 0 bridgehead atoms. The largest absolute Gasteiger partial charge is 0.480 e. The van der Waals surface area contributed by atoms with Crippen molar-refractivity contribution < 1.29 is 38.9 Å². The fourth-order valence-electron chi connectivity index (χ4n) is 8.26. The highest BCUT2D eigenvalue weighted by Gasteiger charge is 2.31. The summed E-state index contributed by atoms with van der Waals surface area (Å²) in [7, 11) is 0. The summed E-state index contributed by atoms with van der Waals surface area (Å²) in [4.78, 5) is 51.7. The van der Waals surface area contributed by atoms with Gasteiger partial charge in [-0.15, -0.1) is 0 Å². The molecule has 0 aliphatic heterocycles. The zero-order valence-electron chi connectivity index (χ0n) is 41.8. The van der Waals surface area contributed by atoms with E-state index in [1.165, 1.54) is 12.1 Å². The van der Waals surface area contributed by atoms with Crippen LogP contribution in [0.2, 0.25) is 0 Å². The van der Waals surface area contributed by atoms with Crippen LogP contribution < -0.4 is 16.0 Å². The predicted molar refractivity (Wildman–Crippen MR) is 284 cm³/mol. The molecule has 0 saturated carbocycles. The molecule has 3 amide bonds. The van der Waals surface area contributed by atoms with Crippen LogP contribution >= 0.6 is 0 Å². The molecule has 0 radical (unpaired) electrons. The highest BCUT2D eigenvalue weighted by atomic mass is 19.1. The highest BCUT2D eigenvalue weighted by Crippen LogP contribution is 2.42. The summed E-state index contributed by atoms with van der Waals surface area (Å²) in [6.45, 7) is 6.69. The number of hydrogen-bond donors (Lipinski definition) is 6. The van der Waals surface area contributed by atoms with Gasteiger partial charge < -0.3 is 35.8 Å². The first-order valence-electron chi connectivity index (χ1n) is 25.2. The SMILES string of the molecule is CC/C=C\C/C=C\C/C=C\C/C=C\C/C=C\CCCC(=O)NCCCCC(NC(=O)C[C@H](O)C[C@H](O)CCn1c(-c2ccc(F)cc2)c(-c2ccccc2)c(C(=O)Nc2ccccc2)c1C(C)C)C(=O)O. The number of rotatable bonds is 32. The van der Waals surface area contributed by atoms with Crippen LogP contribution in [0.3, 0.4) is 0 Å². The number of halogens is 1. The van der Waals surface area contributed by atoms with Crippen LogP contribution in [0.5, 0.6) is 0 Å². The maximum atomic E-state index is 14.4. The number of aliphatic hydroxyl groups excluding tert-OH is 2. The number of amides is 3. The molecule has 0 saturated heterocycles. The third-order valence-electron chi connectivity index (χ3n) is 11.7. The maximum absolute atomic E-state index is 14.4. The number of unbranched alkanes of at least 4 members (excludes halogenated alkanes) is 2. The van der Waals surface area contributed by atoms with Crippen LogP contribution in [0.4, 0.5) is 10.1 Å². The summed E-state index contributed by atoms with van der Waals surface area (Å²) in [5.41, 5.74) is 4.53. The van der Waals surface area contributed by atoms with Gasteiger partial charge in [-0.25, -0.2) is 9.18 Å². The lowest BCUT2D eigenvalue weighted by atomic mass is 9.94. The smallest absolute Gasteiger partial charge is 0.326 e. The van der Waals surface area contributed by atoms with E-state index in [0.717, 1.165) is 50.5 Å². The Kier molecular flexibility index (Phi) is 25.9. The number of benzene rings is 3. The van der Waals surface area contributed by atoms with E-state index >= 15 is 0 Å². The Bertz CT molecular complexity index is 2390. The lowest BCUT2D eigenvalue weighted by molar-refractivity contribution is -0.142. The number of anilines is 1. The summed E-state index contributed by atoms with van der Waals surface area (Å²) < 4.78 is 16.3. The van der Waals surface area contributed by atoms with E-state index in [1.807, 2.05) is 66.9 Å². The number of nitrogens with one attached hydrogen (secondary N) is 3. The Morgan fingerprint density at radius 2 is 1.27 bits per heavy atom. The van der Waals surface area contributed by atoms with Crippen LogP contribution in [0.15, 0.2) is 146 Å². The minimum absolute atomic E-state index is 0.0634. The number of carbonyl (C=O) groups is 4. The third kappa shape index (κ3) is 20.7. The number of carboxylic acids is 1. The van der Waals surface area contributed by atoms with E-state index in [1.54, 1.807) is 24.3 Å². The van der Waals surface area contributed by atoms with E-state index in [4.69, 9.17) is 0 Å². The van der Waals surface area contributed by atoms with Crippen molar-refractivity contribution in [2.24, 2.45) is 0 Å². The first kappa shape index (κ1) is 57.0. The second-order valence-electron chi connectivity index (χ2n) is 17.9. The molecule has 0 spiro atoms. The van der Waals surface area contributed by atoms with E-state index in [-0.39, 0.29) is 43.5 Å². The van der Waals surface area contributed by atoms with Gasteiger partial charge in [0.1, 0.15) is 11.9 Å². The number of carbonyl (C=O) groups excluding carboxylic acids is 3. The molecule has 4 aromatic rings. The minimum atomic E-state index is -1.27. The Morgan fingerprint density at radius 1 is 0.676 bits per heavy atom. The standard InChI is InChI=1S/C59H75FN4O7/c1-4-5-6-7-8-9-10-11-12-13-14-15-16-17-18-19-26-34-52(67)61-40-28-27-33-51(59(70)71)63-53(68)43-50(66)42-49(65)39-41-64-56(44(2)3)55(58(69)62-48-31-24-21-25-32-48)54(45-29-22-20-23-30-45)57(64)46-35-37-47(60)38-36-46/h5-6,8-9,11-12,14-15,17-18,20-25,29-32,35-38,44,49-51,65-66H,4,7,10,13,16,19,26-28,33-34,39-43H2,1-3H3,(H,61,67)(H,62,69)(H,63,68)(H,70,71)/b6-5-,9-8-,12-11-,15-14-,18-17-/t49-,50-,51?/m1/s1. The number of aliphatic hydroxyl groups is 2. The fraction of sp³-hybridized carbons (Fsp3) is 0.390. The lowest BCUT2D eigenvalue weighted by Gasteiger charge is -2.21.